The highest BCUT2D eigenvalue weighted by molar-refractivity contribution is 8.18. The molecule has 12 heteroatoms. The van der Waals surface area contributed by atoms with E-state index in [1.807, 2.05) is 0 Å². The summed E-state index contributed by atoms with van der Waals surface area (Å²) in [4.78, 5) is 40.2. The normalized spacial score (nSPS) is 18.8. The van der Waals surface area contributed by atoms with Crippen molar-refractivity contribution in [3.63, 3.8) is 0 Å². The summed E-state index contributed by atoms with van der Waals surface area (Å²) in [6.07, 6.45) is 1.57. The van der Waals surface area contributed by atoms with Crippen molar-refractivity contribution in [1.82, 2.24) is 14.7 Å². The van der Waals surface area contributed by atoms with Gasteiger partial charge in [0.2, 0.25) is 0 Å². The molecule has 39 heavy (non-hydrogen) atoms. The lowest BCUT2D eigenvalue weighted by molar-refractivity contribution is -0.159. The molecule has 2 aliphatic rings. The third kappa shape index (κ3) is 5.05. The Kier molecular flexibility index (Phi) is 7.23. The highest BCUT2D eigenvalue weighted by Gasteiger charge is 2.54. The van der Waals surface area contributed by atoms with Gasteiger partial charge in [-0.3, -0.25) is 19.2 Å². The van der Waals surface area contributed by atoms with Gasteiger partial charge in [-0.25, -0.2) is 4.79 Å². The van der Waals surface area contributed by atoms with Gasteiger partial charge in [-0.1, -0.05) is 43.0 Å². The van der Waals surface area contributed by atoms with Crippen LogP contribution in [0.25, 0.3) is 17.0 Å². The Bertz CT molecular complexity index is 1510. The maximum Gasteiger partial charge on any atom is 0.416 e. The van der Waals surface area contributed by atoms with Crippen molar-refractivity contribution in [3.8, 4) is 0 Å². The number of nitrogens with zero attached hydrogens (tertiary/aromatic N) is 3. The van der Waals surface area contributed by atoms with Crippen molar-refractivity contribution < 1.29 is 32.3 Å². The number of aromatic nitrogens is 2. The second kappa shape index (κ2) is 10.3. The van der Waals surface area contributed by atoms with Crippen LogP contribution in [0.15, 0.2) is 47.5 Å². The standard InChI is InChI=1S/C27H23ClF3N3O4S/c1-38-24(36)26(9-3-2-4-10-26)34-23(35)22(39-25(34)37)12-16-5-8-21-18(11-16)14-32-33(21)15-17-6-7-19(28)13-20(17)27(29,30)31/h5-8,11-14H,2-4,9-10,15H2,1H3. The van der Waals surface area contributed by atoms with Crippen molar-refractivity contribution >= 4 is 57.5 Å². The van der Waals surface area contributed by atoms with Crippen LogP contribution in [-0.2, 0) is 27.0 Å². The molecule has 0 unspecified atom stereocenters. The lowest BCUT2D eigenvalue weighted by Gasteiger charge is -2.39. The fourth-order valence-corrected chi connectivity index (χ4v) is 6.35. The number of rotatable bonds is 5. The average molecular weight is 578 g/mol. The van der Waals surface area contributed by atoms with E-state index >= 15 is 0 Å². The molecule has 2 amide bonds. The fourth-order valence-electron chi connectivity index (χ4n) is 5.27. The van der Waals surface area contributed by atoms with E-state index in [1.54, 1.807) is 24.3 Å². The number of carbonyl (C=O) groups excluding carboxylic acids is 3. The molecule has 0 atom stereocenters. The minimum Gasteiger partial charge on any atom is -0.467 e. The summed E-state index contributed by atoms with van der Waals surface area (Å²) in [5.41, 5.74) is -0.905. The summed E-state index contributed by atoms with van der Waals surface area (Å²) in [5.74, 6) is -1.13. The largest absolute Gasteiger partial charge is 0.467 e. The molecule has 2 aromatic carbocycles. The van der Waals surface area contributed by atoms with Crippen molar-refractivity contribution in [2.45, 2.75) is 50.4 Å². The third-order valence-electron chi connectivity index (χ3n) is 7.13. The Morgan fingerprint density at radius 1 is 1.15 bits per heavy atom. The van der Waals surface area contributed by atoms with Gasteiger partial charge in [0, 0.05) is 10.4 Å². The maximum atomic E-state index is 13.5. The zero-order valence-electron chi connectivity index (χ0n) is 20.8. The molecule has 1 aliphatic heterocycles. The van der Waals surface area contributed by atoms with Gasteiger partial charge in [0.15, 0.2) is 0 Å². The number of hydrogen-bond acceptors (Lipinski definition) is 6. The minimum atomic E-state index is -4.57. The third-order valence-corrected chi connectivity index (χ3v) is 8.23. The highest BCUT2D eigenvalue weighted by atomic mass is 35.5. The maximum absolute atomic E-state index is 13.5. The lowest BCUT2D eigenvalue weighted by Crippen LogP contribution is -2.58. The summed E-state index contributed by atoms with van der Waals surface area (Å²) >= 11 is 6.56. The Morgan fingerprint density at radius 3 is 2.59 bits per heavy atom. The van der Waals surface area contributed by atoms with Gasteiger partial charge in [0.25, 0.3) is 11.1 Å². The van der Waals surface area contributed by atoms with Crippen LogP contribution in [0.4, 0.5) is 18.0 Å². The number of methoxy groups -OCH3 is 1. The molecule has 0 bridgehead atoms. The fraction of sp³-hybridized carbons (Fsp3) is 0.333. The summed E-state index contributed by atoms with van der Waals surface area (Å²) < 4.78 is 47.0. The van der Waals surface area contributed by atoms with Gasteiger partial charge >= 0.3 is 12.1 Å². The smallest absolute Gasteiger partial charge is 0.416 e. The molecule has 1 saturated heterocycles. The van der Waals surface area contributed by atoms with Crippen LogP contribution in [0.3, 0.4) is 0 Å². The molecule has 1 saturated carbocycles. The van der Waals surface area contributed by atoms with Crippen LogP contribution in [0, 0.1) is 0 Å². The number of fused-ring (bicyclic) bond motifs is 1. The number of amides is 2. The quantitative estimate of drug-likeness (QED) is 0.249. The number of hydrogen-bond donors (Lipinski definition) is 0. The molecule has 1 aliphatic carbocycles. The van der Waals surface area contributed by atoms with Gasteiger partial charge in [-0.15, -0.1) is 0 Å². The first kappa shape index (κ1) is 27.3. The predicted molar refractivity (Wildman–Crippen MR) is 141 cm³/mol. The highest BCUT2D eigenvalue weighted by Crippen LogP contribution is 2.43. The average Bonchev–Trinajstić information content (AvgIpc) is 3.43. The number of ether oxygens (including phenoxy) is 1. The first-order valence-corrected chi connectivity index (χ1v) is 13.4. The predicted octanol–water partition coefficient (Wildman–Crippen LogP) is 6.67. The number of esters is 1. The molecule has 2 heterocycles. The zero-order valence-corrected chi connectivity index (χ0v) is 22.3. The van der Waals surface area contributed by atoms with E-state index in [2.05, 4.69) is 5.10 Å². The van der Waals surface area contributed by atoms with E-state index in [9.17, 15) is 27.6 Å². The number of alkyl halides is 3. The first-order chi connectivity index (χ1) is 18.5. The molecule has 0 radical (unpaired) electrons. The Balaban J connectivity index is 1.43. The first-order valence-electron chi connectivity index (χ1n) is 12.2. The molecule has 7 nitrogen and oxygen atoms in total. The topological polar surface area (TPSA) is 81.5 Å². The molecule has 3 aromatic rings. The van der Waals surface area contributed by atoms with Gasteiger partial charge in [0.1, 0.15) is 5.54 Å². The summed E-state index contributed by atoms with van der Waals surface area (Å²) in [6, 6.07) is 8.74. The SMILES string of the molecule is COC(=O)C1(N2C(=O)SC(=Cc3ccc4c(cnn4Cc4ccc(Cl)cc4C(F)(F)F)c3)C2=O)CCCCC1. The molecule has 1 aromatic heterocycles. The van der Waals surface area contributed by atoms with Gasteiger partial charge in [0.05, 0.1) is 35.8 Å². The van der Waals surface area contributed by atoms with Crippen LogP contribution in [0.5, 0.6) is 0 Å². The molecular weight excluding hydrogens is 555 g/mol. The molecule has 2 fully saturated rings. The lowest BCUT2D eigenvalue weighted by atomic mass is 9.80. The summed E-state index contributed by atoms with van der Waals surface area (Å²) in [7, 11) is 1.25. The van der Waals surface area contributed by atoms with E-state index in [1.165, 1.54) is 30.1 Å². The Morgan fingerprint density at radius 2 is 1.90 bits per heavy atom. The van der Waals surface area contributed by atoms with Crippen molar-refractivity contribution in [2.24, 2.45) is 0 Å². The number of benzene rings is 2. The van der Waals surface area contributed by atoms with Crippen LogP contribution < -0.4 is 0 Å². The monoisotopic (exact) mass is 577 g/mol. The Hall–Kier alpha value is -3.31. The van der Waals surface area contributed by atoms with Crippen molar-refractivity contribution in [1.29, 1.82) is 0 Å². The summed E-state index contributed by atoms with van der Waals surface area (Å²) in [6.45, 7) is -0.122. The van der Waals surface area contributed by atoms with Gasteiger partial charge in [-0.2, -0.15) is 18.3 Å². The van der Waals surface area contributed by atoms with E-state index in [0.717, 1.165) is 29.1 Å². The van der Waals surface area contributed by atoms with Crippen molar-refractivity contribution in [3.05, 3.63) is 69.2 Å². The van der Waals surface area contributed by atoms with E-state index in [-0.39, 0.29) is 22.0 Å². The minimum absolute atomic E-state index is 0.00792. The van der Waals surface area contributed by atoms with Crippen LogP contribution in [0.2, 0.25) is 5.02 Å². The second-order valence-corrected chi connectivity index (χ2v) is 11.0. The molecule has 5 rings (SSSR count). The molecular formula is C27H23ClF3N3O4S. The molecule has 0 spiro atoms. The number of carbonyl (C=O) groups is 3. The van der Waals surface area contributed by atoms with E-state index < -0.39 is 34.4 Å². The molecule has 0 N–H and O–H groups in total. The number of halogens is 4. The van der Waals surface area contributed by atoms with Gasteiger partial charge in [-0.05, 0) is 66.1 Å². The van der Waals surface area contributed by atoms with Crippen LogP contribution >= 0.6 is 23.4 Å². The second-order valence-electron chi connectivity index (χ2n) is 9.52. The Labute approximate surface area is 230 Å². The van der Waals surface area contributed by atoms with Crippen molar-refractivity contribution in [2.75, 3.05) is 7.11 Å². The van der Waals surface area contributed by atoms with Crippen LogP contribution in [0.1, 0.15) is 48.8 Å². The summed E-state index contributed by atoms with van der Waals surface area (Å²) in [5, 5.41) is 4.37. The van der Waals surface area contributed by atoms with Gasteiger partial charge < -0.3 is 4.74 Å². The number of imide groups is 1. The zero-order chi connectivity index (χ0) is 27.9. The number of thioether (sulfide) groups is 1. The van der Waals surface area contributed by atoms with E-state index in [0.29, 0.717) is 42.1 Å². The van der Waals surface area contributed by atoms with Crippen LogP contribution in [-0.4, -0.2) is 44.4 Å². The molecule has 204 valence electrons. The van der Waals surface area contributed by atoms with E-state index in [4.69, 9.17) is 16.3 Å².